The van der Waals surface area contributed by atoms with Crippen molar-refractivity contribution in [3.8, 4) is 11.5 Å². The van der Waals surface area contributed by atoms with Crippen molar-refractivity contribution < 1.29 is 28.2 Å². The molecule has 0 fully saturated rings. The van der Waals surface area contributed by atoms with Crippen LogP contribution in [-0.4, -0.2) is 38.7 Å². The number of ether oxygens (including phenoxy) is 3. The zero-order valence-corrected chi connectivity index (χ0v) is 16.7. The van der Waals surface area contributed by atoms with E-state index in [2.05, 4.69) is 5.32 Å². The predicted molar refractivity (Wildman–Crippen MR) is 109 cm³/mol. The molecular formula is C21H18ClNO7. The predicted octanol–water partition coefficient (Wildman–Crippen LogP) is 2.81. The molecule has 30 heavy (non-hydrogen) atoms. The van der Waals surface area contributed by atoms with Crippen molar-refractivity contribution in [2.75, 3.05) is 26.9 Å². The number of nitrogens with one attached hydrogen (secondary N) is 1. The molecule has 3 aromatic rings. The molecule has 1 amide bonds. The average molecular weight is 432 g/mol. The number of esters is 1. The van der Waals surface area contributed by atoms with Crippen molar-refractivity contribution >= 4 is 34.4 Å². The molecule has 8 nitrogen and oxygen atoms in total. The lowest BCUT2D eigenvalue weighted by molar-refractivity contribution is -0.136. The molecule has 2 aromatic carbocycles. The normalized spacial score (nSPS) is 10.6. The average Bonchev–Trinajstić information content (AvgIpc) is 2.72. The largest absolute Gasteiger partial charge is 0.482 e. The van der Waals surface area contributed by atoms with Gasteiger partial charge < -0.3 is 23.9 Å². The van der Waals surface area contributed by atoms with E-state index < -0.39 is 17.5 Å². The van der Waals surface area contributed by atoms with Crippen LogP contribution in [0.1, 0.15) is 10.4 Å². The number of halogens is 1. The van der Waals surface area contributed by atoms with Gasteiger partial charge in [0.2, 0.25) is 0 Å². The van der Waals surface area contributed by atoms with Crippen LogP contribution in [0.3, 0.4) is 0 Å². The van der Waals surface area contributed by atoms with Crippen molar-refractivity contribution in [1.29, 1.82) is 0 Å². The van der Waals surface area contributed by atoms with E-state index in [1.165, 1.54) is 25.3 Å². The molecule has 0 saturated heterocycles. The zero-order valence-electron chi connectivity index (χ0n) is 16.0. The Hall–Kier alpha value is -3.36. The van der Waals surface area contributed by atoms with E-state index in [4.69, 9.17) is 30.2 Å². The minimum absolute atomic E-state index is 0.127. The molecular weight excluding hydrogens is 414 g/mol. The van der Waals surface area contributed by atoms with Crippen LogP contribution in [0.5, 0.6) is 11.5 Å². The molecule has 0 unspecified atom stereocenters. The molecule has 0 bridgehead atoms. The van der Waals surface area contributed by atoms with Gasteiger partial charge in [-0.2, -0.15) is 0 Å². The Morgan fingerprint density at radius 2 is 1.93 bits per heavy atom. The number of fused-ring (bicyclic) bond motifs is 1. The quantitative estimate of drug-likeness (QED) is 0.253. The first kappa shape index (κ1) is 21.4. The maximum Gasteiger partial charge on any atom is 0.349 e. The Kier molecular flexibility index (Phi) is 7.05. The fourth-order valence-electron chi connectivity index (χ4n) is 2.54. The second kappa shape index (κ2) is 9.91. The zero-order chi connectivity index (χ0) is 21.5. The maximum atomic E-state index is 12.1. The summed E-state index contributed by atoms with van der Waals surface area (Å²) in [7, 11) is 1.50. The van der Waals surface area contributed by atoms with Crippen molar-refractivity contribution in [2.45, 2.75) is 0 Å². The van der Waals surface area contributed by atoms with Crippen LogP contribution in [-0.2, 0) is 9.53 Å². The molecule has 1 N–H and O–H groups in total. The van der Waals surface area contributed by atoms with Crippen LogP contribution in [0.4, 0.5) is 0 Å². The number of rotatable bonds is 8. The standard InChI is InChI=1S/C21H18ClNO7/c1-27-8-7-23-20(25)17-9-13-5-6-16(11-18(13)30-21(17)26)29-19(24)12-28-15-4-2-3-14(22)10-15/h2-6,9-11H,7-8,12H2,1H3,(H,23,25). The second-order valence-corrected chi connectivity index (χ2v) is 6.55. The van der Waals surface area contributed by atoms with Gasteiger partial charge in [0.15, 0.2) is 6.61 Å². The van der Waals surface area contributed by atoms with Crippen LogP contribution < -0.4 is 20.4 Å². The first-order chi connectivity index (χ1) is 14.5. The van der Waals surface area contributed by atoms with Crippen molar-refractivity contribution in [1.82, 2.24) is 5.32 Å². The van der Waals surface area contributed by atoms with E-state index in [0.717, 1.165) is 0 Å². The lowest BCUT2D eigenvalue weighted by atomic mass is 10.1. The topological polar surface area (TPSA) is 104 Å². The van der Waals surface area contributed by atoms with Crippen LogP contribution in [0.2, 0.25) is 5.02 Å². The minimum atomic E-state index is -0.801. The first-order valence-corrected chi connectivity index (χ1v) is 9.28. The highest BCUT2D eigenvalue weighted by Crippen LogP contribution is 2.21. The van der Waals surface area contributed by atoms with Crippen molar-refractivity contribution in [3.63, 3.8) is 0 Å². The third-order valence-corrected chi connectivity index (χ3v) is 4.16. The van der Waals surface area contributed by atoms with E-state index in [1.807, 2.05) is 0 Å². The fraction of sp³-hybridized carbons (Fsp3) is 0.190. The molecule has 0 saturated carbocycles. The van der Waals surface area contributed by atoms with Gasteiger partial charge in [0, 0.05) is 30.1 Å². The van der Waals surface area contributed by atoms with Gasteiger partial charge >= 0.3 is 11.6 Å². The lowest BCUT2D eigenvalue weighted by Crippen LogP contribution is -2.30. The molecule has 0 atom stereocenters. The van der Waals surface area contributed by atoms with E-state index in [1.54, 1.807) is 30.3 Å². The highest BCUT2D eigenvalue weighted by molar-refractivity contribution is 6.30. The van der Waals surface area contributed by atoms with E-state index >= 15 is 0 Å². The first-order valence-electron chi connectivity index (χ1n) is 8.90. The number of hydrogen-bond donors (Lipinski definition) is 1. The summed E-state index contributed by atoms with van der Waals surface area (Å²) < 4.78 is 20.6. The summed E-state index contributed by atoms with van der Waals surface area (Å²) >= 11 is 5.86. The third-order valence-electron chi connectivity index (χ3n) is 3.93. The highest BCUT2D eigenvalue weighted by Gasteiger charge is 2.14. The number of benzene rings is 2. The van der Waals surface area contributed by atoms with E-state index in [-0.39, 0.29) is 30.0 Å². The van der Waals surface area contributed by atoms with Crippen LogP contribution in [0.25, 0.3) is 11.0 Å². The molecule has 3 rings (SSSR count). The Labute approximate surface area is 176 Å². The number of carbonyl (C=O) groups is 2. The summed E-state index contributed by atoms with van der Waals surface area (Å²) in [4.78, 5) is 36.2. The molecule has 1 aromatic heterocycles. The van der Waals surface area contributed by atoms with Gasteiger partial charge in [0.25, 0.3) is 5.91 Å². The van der Waals surface area contributed by atoms with Crippen molar-refractivity contribution in [2.24, 2.45) is 0 Å². The summed E-state index contributed by atoms with van der Waals surface area (Å²) in [6, 6.07) is 12.5. The van der Waals surface area contributed by atoms with Crippen LogP contribution >= 0.6 is 11.6 Å². The van der Waals surface area contributed by atoms with Gasteiger partial charge in [-0.1, -0.05) is 17.7 Å². The Balaban J connectivity index is 1.67. The molecule has 0 aliphatic carbocycles. The summed E-state index contributed by atoms with van der Waals surface area (Å²) in [6.45, 7) is 0.252. The van der Waals surface area contributed by atoms with Gasteiger partial charge in [0.1, 0.15) is 22.6 Å². The number of carbonyl (C=O) groups excluding carboxylic acids is 2. The summed E-state index contributed by atoms with van der Waals surface area (Å²) in [5.74, 6) is -0.606. The van der Waals surface area contributed by atoms with Crippen LogP contribution in [0.15, 0.2) is 57.7 Å². The Morgan fingerprint density at radius 1 is 1.10 bits per heavy atom. The van der Waals surface area contributed by atoms with Gasteiger partial charge in [0.05, 0.1) is 6.61 Å². The summed E-state index contributed by atoms with van der Waals surface area (Å²) in [6.07, 6.45) is 0. The second-order valence-electron chi connectivity index (χ2n) is 6.12. The van der Waals surface area contributed by atoms with E-state index in [0.29, 0.717) is 22.8 Å². The SMILES string of the molecule is COCCNC(=O)c1cc2ccc(OC(=O)COc3cccc(Cl)c3)cc2oc1=O. The number of amides is 1. The third kappa shape index (κ3) is 5.59. The van der Waals surface area contributed by atoms with Gasteiger partial charge in [-0.3, -0.25) is 4.79 Å². The van der Waals surface area contributed by atoms with Gasteiger partial charge in [-0.15, -0.1) is 0 Å². The van der Waals surface area contributed by atoms with Gasteiger partial charge in [-0.25, -0.2) is 9.59 Å². The molecule has 9 heteroatoms. The lowest BCUT2D eigenvalue weighted by Gasteiger charge is -2.08. The number of methoxy groups -OCH3 is 1. The number of hydrogen-bond acceptors (Lipinski definition) is 7. The highest BCUT2D eigenvalue weighted by atomic mass is 35.5. The summed E-state index contributed by atoms with van der Waals surface area (Å²) in [5.41, 5.74) is -0.752. The maximum absolute atomic E-state index is 12.1. The minimum Gasteiger partial charge on any atom is -0.482 e. The summed E-state index contributed by atoms with van der Waals surface area (Å²) in [5, 5.41) is 3.54. The smallest absolute Gasteiger partial charge is 0.349 e. The molecule has 156 valence electrons. The van der Waals surface area contributed by atoms with E-state index in [9.17, 15) is 14.4 Å². The fourth-order valence-corrected chi connectivity index (χ4v) is 2.72. The molecule has 0 spiro atoms. The monoisotopic (exact) mass is 431 g/mol. The van der Waals surface area contributed by atoms with Gasteiger partial charge in [-0.05, 0) is 36.4 Å². The Morgan fingerprint density at radius 3 is 2.70 bits per heavy atom. The molecule has 0 aliphatic heterocycles. The molecule has 0 radical (unpaired) electrons. The van der Waals surface area contributed by atoms with Crippen LogP contribution in [0, 0.1) is 0 Å². The van der Waals surface area contributed by atoms with Crippen molar-refractivity contribution in [3.05, 3.63) is 69.5 Å². The molecule has 1 heterocycles. The Bertz CT molecular complexity index is 1130. The molecule has 0 aliphatic rings.